The van der Waals surface area contributed by atoms with Crippen LogP contribution in [0.5, 0.6) is 0 Å². The molecule has 1 aromatic rings. The van der Waals surface area contributed by atoms with Crippen molar-refractivity contribution in [1.29, 1.82) is 0 Å². The first kappa shape index (κ1) is 11.2. The summed E-state index contributed by atoms with van der Waals surface area (Å²) in [5.74, 6) is -0.271. The second-order valence-corrected chi connectivity index (χ2v) is 2.89. The van der Waals surface area contributed by atoms with Gasteiger partial charge in [0, 0.05) is 24.0 Å². The summed E-state index contributed by atoms with van der Waals surface area (Å²) in [6, 6.07) is 2.89. The molecule has 1 N–H and O–H groups in total. The third-order valence-corrected chi connectivity index (χ3v) is 1.68. The molecule has 0 aromatic carbocycles. The predicted molar refractivity (Wildman–Crippen MR) is 57.3 cm³/mol. The number of hydrogen-bond donors (Lipinski definition) is 1. The monoisotopic (exact) mass is 207 g/mol. The molecule has 0 aliphatic carbocycles. The topological polar surface area (TPSA) is 59.2 Å². The van der Waals surface area contributed by atoms with Crippen LogP contribution in [0.25, 0.3) is 6.08 Å². The van der Waals surface area contributed by atoms with Crippen molar-refractivity contribution in [2.75, 3.05) is 6.61 Å². The number of carbonyl (C=O) groups excluding carboxylic acids is 1. The quantitative estimate of drug-likeness (QED) is 0.758. The maximum absolute atomic E-state index is 11.0. The molecular weight excluding hydrogens is 194 g/mol. The Labute approximate surface area is 87.6 Å². The molecule has 0 atom stereocenters. The number of ether oxygens (including phenoxy) is 1. The van der Waals surface area contributed by atoms with Gasteiger partial charge in [-0.1, -0.05) is 6.08 Å². The summed E-state index contributed by atoms with van der Waals surface area (Å²) in [4.78, 5) is 24.8. The van der Waals surface area contributed by atoms with Gasteiger partial charge < -0.3 is 9.72 Å². The summed E-state index contributed by atoms with van der Waals surface area (Å²) < 4.78 is 4.74. The Morgan fingerprint density at radius 1 is 1.60 bits per heavy atom. The molecule has 1 rings (SSSR count). The molecule has 1 heterocycles. The van der Waals surface area contributed by atoms with Crippen LogP contribution in [0.15, 0.2) is 29.2 Å². The fourth-order valence-electron chi connectivity index (χ4n) is 1.06. The molecule has 0 aliphatic heterocycles. The number of pyridine rings is 1. The van der Waals surface area contributed by atoms with E-state index in [4.69, 9.17) is 4.74 Å². The van der Waals surface area contributed by atoms with Crippen LogP contribution in [0, 0.1) is 0 Å². The molecule has 80 valence electrons. The molecule has 0 saturated heterocycles. The van der Waals surface area contributed by atoms with Crippen LogP contribution in [0.3, 0.4) is 0 Å². The highest BCUT2D eigenvalue weighted by atomic mass is 16.5. The van der Waals surface area contributed by atoms with E-state index >= 15 is 0 Å². The average molecular weight is 207 g/mol. The molecule has 0 unspecified atom stereocenters. The highest BCUT2D eigenvalue weighted by Crippen LogP contribution is 1.96. The molecule has 0 fully saturated rings. The molecule has 0 radical (unpaired) electrons. The highest BCUT2D eigenvalue weighted by molar-refractivity contribution is 5.72. The summed E-state index contributed by atoms with van der Waals surface area (Å²) in [7, 11) is 0. The van der Waals surface area contributed by atoms with Crippen LogP contribution in [0.1, 0.15) is 19.0 Å². The highest BCUT2D eigenvalue weighted by Gasteiger charge is 1.96. The largest absolute Gasteiger partial charge is 0.466 e. The minimum absolute atomic E-state index is 0.0652. The number of aromatic nitrogens is 1. The van der Waals surface area contributed by atoms with Crippen molar-refractivity contribution < 1.29 is 9.53 Å². The van der Waals surface area contributed by atoms with E-state index in [-0.39, 0.29) is 17.8 Å². The van der Waals surface area contributed by atoms with E-state index < -0.39 is 0 Å². The van der Waals surface area contributed by atoms with Crippen LogP contribution < -0.4 is 5.43 Å². The minimum Gasteiger partial charge on any atom is -0.466 e. The Bertz CT molecular complexity index is 406. The van der Waals surface area contributed by atoms with Crippen LogP contribution in [0.2, 0.25) is 0 Å². The molecule has 4 nitrogen and oxygen atoms in total. The second kappa shape index (κ2) is 5.80. The number of carbonyl (C=O) groups is 1. The minimum atomic E-state index is -0.271. The summed E-state index contributed by atoms with van der Waals surface area (Å²) >= 11 is 0. The molecule has 0 amide bonds. The van der Waals surface area contributed by atoms with Crippen LogP contribution in [0.4, 0.5) is 0 Å². The molecule has 0 saturated carbocycles. The molecule has 1 aromatic heterocycles. The van der Waals surface area contributed by atoms with Crippen LogP contribution >= 0.6 is 0 Å². The van der Waals surface area contributed by atoms with E-state index in [1.165, 1.54) is 12.1 Å². The Hall–Kier alpha value is -1.84. The summed E-state index contributed by atoms with van der Waals surface area (Å²) in [6.45, 7) is 2.14. The standard InChI is InChI=1S/C11H13NO3/c1-2-15-11(14)5-3-4-9-8-10(13)6-7-12-9/h3-4,6-8H,2,5H2,1H3,(H,12,13). The summed E-state index contributed by atoms with van der Waals surface area (Å²) in [5, 5.41) is 0. The number of nitrogens with one attached hydrogen (secondary N) is 1. The maximum atomic E-state index is 11.0. The number of H-pyrrole nitrogens is 1. The Morgan fingerprint density at radius 3 is 3.07 bits per heavy atom. The van der Waals surface area contributed by atoms with Gasteiger partial charge in [0.1, 0.15) is 0 Å². The molecule has 15 heavy (non-hydrogen) atoms. The van der Waals surface area contributed by atoms with Crippen molar-refractivity contribution in [1.82, 2.24) is 4.98 Å². The van der Waals surface area contributed by atoms with Crippen LogP contribution in [-0.4, -0.2) is 17.6 Å². The van der Waals surface area contributed by atoms with Gasteiger partial charge in [-0.3, -0.25) is 9.59 Å². The lowest BCUT2D eigenvalue weighted by atomic mass is 10.3. The fourth-order valence-corrected chi connectivity index (χ4v) is 1.06. The van der Waals surface area contributed by atoms with Gasteiger partial charge in [0.05, 0.1) is 13.0 Å². The lowest BCUT2D eigenvalue weighted by Gasteiger charge is -1.96. The first-order chi connectivity index (χ1) is 7.22. The zero-order valence-electron chi connectivity index (χ0n) is 8.53. The van der Waals surface area contributed by atoms with Gasteiger partial charge in [0.25, 0.3) is 0 Å². The van der Waals surface area contributed by atoms with E-state index in [0.717, 1.165) is 0 Å². The van der Waals surface area contributed by atoms with Gasteiger partial charge >= 0.3 is 5.97 Å². The van der Waals surface area contributed by atoms with Gasteiger partial charge in [-0.2, -0.15) is 0 Å². The maximum Gasteiger partial charge on any atom is 0.309 e. The average Bonchev–Trinajstić information content (AvgIpc) is 2.18. The first-order valence-corrected chi connectivity index (χ1v) is 4.73. The summed E-state index contributed by atoms with van der Waals surface area (Å²) in [6.07, 6.45) is 5.11. The van der Waals surface area contributed by atoms with Crippen molar-refractivity contribution in [3.05, 3.63) is 40.3 Å². The van der Waals surface area contributed by atoms with Gasteiger partial charge in [-0.25, -0.2) is 0 Å². The lowest BCUT2D eigenvalue weighted by molar-refractivity contribution is -0.142. The van der Waals surface area contributed by atoms with Crippen LogP contribution in [-0.2, 0) is 9.53 Å². The van der Waals surface area contributed by atoms with Gasteiger partial charge in [-0.05, 0) is 13.0 Å². The SMILES string of the molecule is CCOC(=O)CC=Cc1cc(=O)cc[nH]1. The summed E-state index contributed by atoms with van der Waals surface area (Å²) in [5.41, 5.74) is 0.608. The number of hydrogen-bond acceptors (Lipinski definition) is 3. The third kappa shape index (κ3) is 4.26. The molecule has 0 bridgehead atoms. The Balaban J connectivity index is 2.51. The number of rotatable bonds is 4. The second-order valence-electron chi connectivity index (χ2n) is 2.89. The zero-order chi connectivity index (χ0) is 11.1. The smallest absolute Gasteiger partial charge is 0.309 e. The van der Waals surface area contributed by atoms with E-state index in [0.29, 0.717) is 12.3 Å². The molecule has 0 spiro atoms. The number of aromatic amines is 1. The Morgan fingerprint density at radius 2 is 2.40 bits per heavy atom. The third-order valence-electron chi connectivity index (χ3n) is 1.68. The van der Waals surface area contributed by atoms with Gasteiger partial charge in [0.2, 0.25) is 0 Å². The van der Waals surface area contributed by atoms with Gasteiger partial charge in [-0.15, -0.1) is 0 Å². The van der Waals surface area contributed by atoms with Crippen molar-refractivity contribution in [3.63, 3.8) is 0 Å². The predicted octanol–water partition coefficient (Wildman–Crippen LogP) is 1.34. The van der Waals surface area contributed by atoms with E-state index in [9.17, 15) is 9.59 Å². The molecular formula is C11H13NO3. The van der Waals surface area contributed by atoms with Crippen molar-refractivity contribution in [3.8, 4) is 0 Å². The molecule has 4 heteroatoms. The first-order valence-electron chi connectivity index (χ1n) is 4.73. The zero-order valence-corrected chi connectivity index (χ0v) is 8.53. The van der Waals surface area contributed by atoms with Crippen molar-refractivity contribution >= 4 is 12.0 Å². The Kier molecular flexibility index (Phi) is 4.34. The van der Waals surface area contributed by atoms with E-state index in [2.05, 4.69) is 4.98 Å². The number of esters is 1. The fraction of sp³-hybridized carbons (Fsp3) is 0.273. The van der Waals surface area contributed by atoms with Crippen molar-refractivity contribution in [2.24, 2.45) is 0 Å². The van der Waals surface area contributed by atoms with E-state index in [1.54, 1.807) is 25.3 Å². The van der Waals surface area contributed by atoms with E-state index in [1.807, 2.05) is 0 Å². The lowest BCUT2D eigenvalue weighted by Crippen LogP contribution is -2.01. The molecule has 0 aliphatic rings. The normalized spacial score (nSPS) is 10.5. The van der Waals surface area contributed by atoms with Crippen molar-refractivity contribution in [2.45, 2.75) is 13.3 Å². The van der Waals surface area contributed by atoms with Gasteiger partial charge in [0.15, 0.2) is 5.43 Å².